The standard InChI is InChI=1S/C7H10Cl2O2/c8-7(9)3-1-2-4(10)6(11)5(3)7/h3-6,10-11H,1-2H2/t3-,4-,5-,6-/m1/s1. The average molecular weight is 197 g/mol. The Hall–Kier alpha value is 0.500. The number of alkyl halides is 2. The van der Waals surface area contributed by atoms with Crippen LogP contribution in [0.3, 0.4) is 0 Å². The highest BCUT2D eigenvalue weighted by atomic mass is 35.5. The van der Waals surface area contributed by atoms with E-state index in [-0.39, 0.29) is 11.8 Å². The van der Waals surface area contributed by atoms with Crippen LogP contribution in [0.4, 0.5) is 0 Å². The van der Waals surface area contributed by atoms with Gasteiger partial charge < -0.3 is 10.2 Å². The Kier molecular flexibility index (Phi) is 1.66. The fraction of sp³-hybridized carbons (Fsp3) is 1.00. The van der Waals surface area contributed by atoms with Gasteiger partial charge in [-0.25, -0.2) is 0 Å². The zero-order valence-electron chi connectivity index (χ0n) is 5.87. The molecule has 11 heavy (non-hydrogen) atoms. The topological polar surface area (TPSA) is 40.5 Å². The van der Waals surface area contributed by atoms with Crippen LogP contribution in [-0.2, 0) is 0 Å². The number of hydrogen-bond donors (Lipinski definition) is 2. The molecule has 2 fully saturated rings. The van der Waals surface area contributed by atoms with E-state index in [1.165, 1.54) is 0 Å². The van der Waals surface area contributed by atoms with Crippen LogP contribution in [0.5, 0.6) is 0 Å². The third-order valence-corrected chi connectivity index (χ3v) is 3.86. The van der Waals surface area contributed by atoms with Crippen LogP contribution in [0.25, 0.3) is 0 Å². The van der Waals surface area contributed by atoms with E-state index in [1.807, 2.05) is 0 Å². The van der Waals surface area contributed by atoms with Crippen LogP contribution in [0.2, 0.25) is 0 Å². The highest BCUT2D eigenvalue weighted by Gasteiger charge is 2.68. The highest BCUT2D eigenvalue weighted by Crippen LogP contribution is 2.65. The molecule has 2 N–H and O–H groups in total. The quantitative estimate of drug-likeness (QED) is 0.567. The normalized spacial score (nSPS) is 53.5. The van der Waals surface area contributed by atoms with Gasteiger partial charge >= 0.3 is 0 Å². The lowest BCUT2D eigenvalue weighted by Gasteiger charge is -2.21. The van der Waals surface area contributed by atoms with Crippen molar-refractivity contribution >= 4 is 23.2 Å². The first-order valence-electron chi connectivity index (χ1n) is 3.79. The van der Waals surface area contributed by atoms with Crippen molar-refractivity contribution in [1.82, 2.24) is 0 Å². The van der Waals surface area contributed by atoms with E-state index in [4.69, 9.17) is 23.2 Å². The summed E-state index contributed by atoms with van der Waals surface area (Å²) >= 11 is 11.7. The van der Waals surface area contributed by atoms with E-state index in [2.05, 4.69) is 0 Å². The van der Waals surface area contributed by atoms with E-state index in [0.717, 1.165) is 6.42 Å². The van der Waals surface area contributed by atoms with Gasteiger partial charge in [0.15, 0.2) is 0 Å². The molecular weight excluding hydrogens is 187 g/mol. The molecule has 2 nitrogen and oxygen atoms in total. The fourth-order valence-corrected chi connectivity index (χ4v) is 2.94. The molecule has 4 atom stereocenters. The summed E-state index contributed by atoms with van der Waals surface area (Å²) in [7, 11) is 0. The summed E-state index contributed by atoms with van der Waals surface area (Å²) in [6, 6.07) is 0. The molecule has 0 aromatic rings. The number of fused-ring (bicyclic) bond motifs is 1. The van der Waals surface area contributed by atoms with Crippen molar-refractivity contribution in [2.24, 2.45) is 11.8 Å². The van der Waals surface area contributed by atoms with Gasteiger partial charge in [0.05, 0.1) is 12.2 Å². The summed E-state index contributed by atoms with van der Waals surface area (Å²) in [6.45, 7) is 0. The minimum Gasteiger partial charge on any atom is -0.390 e. The molecule has 2 rings (SSSR count). The van der Waals surface area contributed by atoms with Crippen molar-refractivity contribution in [2.45, 2.75) is 29.4 Å². The van der Waals surface area contributed by atoms with Crippen molar-refractivity contribution in [1.29, 1.82) is 0 Å². The molecule has 2 aliphatic rings. The van der Waals surface area contributed by atoms with E-state index in [0.29, 0.717) is 6.42 Å². The lowest BCUT2D eigenvalue weighted by atomic mass is 9.95. The number of rotatable bonds is 0. The monoisotopic (exact) mass is 196 g/mol. The Labute approximate surface area is 75.1 Å². The van der Waals surface area contributed by atoms with Crippen LogP contribution in [-0.4, -0.2) is 26.8 Å². The molecule has 0 aromatic heterocycles. The second-order valence-corrected chi connectivity index (χ2v) is 4.89. The zero-order valence-corrected chi connectivity index (χ0v) is 7.39. The van der Waals surface area contributed by atoms with E-state index in [1.54, 1.807) is 0 Å². The molecule has 0 aromatic carbocycles. The van der Waals surface area contributed by atoms with Crippen LogP contribution >= 0.6 is 23.2 Å². The van der Waals surface area contributed by atoms with Gasteiger partial charge in [0.1, 0.15) is 4.33 Å². The molecule has 0 spiro atoms. The van der Waals surface area contributed by atoms with Crippen molar-refractivity contribution in [3.05, 3.63) is 0 Å². The maximum absolute atomic E-state index is 9.40. The lowest BCUT2D eigenvalue weighted by molar-refractivity contribution is -0.0175. The third-order valence-electron chi connectivity index (χ3n) is 2.80. The summed E-state index contributed by atoms with van der Waals surface area (Å²) < 4.78 is -0.767. The molecule has 0 radical (unpaired) electrons. The summed E-state index contributed by atoms with van der Waals surface area (Å²) in [5, 5.41) is 18.6. The van der Waals surface area contributed by atoms with Crippen molar-refractivity contribution in [3.8, 4) is 0 Å². The first-order chi connectivity index (χ1) is 5.05. The minimum absolute atomic E-state index is 0.102. The van der Waals surface area contributed by atoms with Gasteiger partial charge in [0.25, 0.3) is 0 Å². The molecule has 2 aliphatic carbocycles. The Morgan fingerprint density at radius 2 is 1.82 bits per heavy atom. The molecular formula is C7H10Cl2O2. The molecule has 0 heterocycles. The van der Waals surface area contributed by atoms with Gasteiger partial charge in [-0.15, -0.1) is 23.2 Å². The summed E-state index contributed by atoms with van der Waals surface area (Å²) in [4.78, 5) is 0. The third kappa shape index (κ3) is 1.00. The Bertz CT molecular complexity index is 183. The first-order valence-corrected chi connectivity index (χ1v) is 4.54. The number of aliphatic hydroxyl groups excluding tert-OH is 2. The van der Waals surface area contributed by atoms with Crippen LogP contribution in [0.15, 0.2) is 0 Å². The van der Waals surface area contributed by atoms with E-state index in [9.17, 15) is 10.2 Å². The highest BCUT2D eigenvalue weighted by molar-refractivity contribution is 6.51. The Morgan fingerprint density at radius 1 is 1.18 bits per heavy atom. The molecule has 64 valence electrons. The minimum atomic E-state index is -0.767. The fourth-order valence-electron chi connectivity index (χ4n) is 2.01. The number of aliphatic hydroxyl groups is 2. The van der Waals surface area contributed by atoms with Crippen molar-refractivity contribution in [2.75, 3.05) is 0 Å². The van der Waals surface area contributed by atoms with Gasteiger partial charge in [-0.3, -0.25) is 0 Å². The maximum Gasteiger partial charge on any atom is 0.127 e. The van der Waals surface area contributed by atoms with E-state index < -0.39 is 16.5 Å². The maximum atomic E-state index is 9.40. The van der Waals surface area contributed by atoms with Crippen LogP contribution in [0.1, 0.15) is 12.8 Å². The van der Waals surface area contributed by atoms with Gasteiger partial charge in [0, 0.05) is 11.8 Å². The van der Waals surface area contributed by atoms with Crippen LogP contribution < -0.4 is 0 Å². The summed E-state index contributed by atoms with van der Waals surface area (Å²) in [5.74, 6) is 0.0961. The smallest absolute Gasteiger partial charge is 0.127 e. The number of halogens is 2. The van der Waals surface area contributed by atoms with Gasteiger partial charge in [0.2, 0.25) is 0 Å². The molecule has 4 heteroatoms. The molecule has 0 bridgehead atoms. The molecule has 0 amide bonds. The number of hydrogen-bond acceptors (Lipinski definition) is 2. The van der Waals surface area contributed by atoms with Crippen LogP contribution in [0, 0.1) is 11.8 Å². The van der Waals surface area contributed by atoms with Crippen molar-refractivity contribution in [3.63, 3.8) is 0 Å². The Morgan fingerprint density at radius 3 is 2.36 bits per heavy atom. The van der Waals surface area contributed by atoms with Gasteiger partial charge in [-0.1, -0.05) is 0 Å². The molecule has 0 unspecified atom stereocenters. The van der Waals surface area contributed by atoms with E-state index >= 15 is 0 Å². The second kappa shape index (κ2) is 2.25. The molecule has 0 saturated heterocycles. The SMILES string of the molecule is O[C@H]1[C@H]2[C@@H](CC[C@H]1O)C2(Cl)Cl. The van der Waals surface area contributed by atoms with Crippen molar-refractivity contribution < 1.29 is 10.2 Å². The summed E-state index contributed by atoms with van der Waals surface area (Å²) in [6.07, 6.45) is 0.0961. The average Bonchev–Trinajstić information content (AvgIpc) is 2.46. The van der Waals surface area contributed by atoms with Gasteiger partial charge in [-0.2, -0.15) is 0 Å². The molecule has 2 saturated carbocycles. The molecule has 0 aliphatic heterocycles. The zero-order chi connectivity index (χ0) is 8.22. The Balaban J connectivity index is 2.12. The largest absolute Gasteiger partial charge is 0.390 e. The second-order valence-electron chi connectivity index (χ2n) is 3.44. The van der Waals surface area contributed by atoms with Gasteiger partial charge in [-0.05, 0) is 12.8 Å². The lowest BCUT2D eigenvalue weighted by Crippen LogP contribution is -2.32. The summed E-state index contributed by atoms with van der Waals surface area (Å²) in [5.41, 5.74) is 0. The predicted molar refractivity (Wildman–Crippen MR) is 42.7 cm³/mol. The first kappa shape index (κ1) is 8.11. The predicted octanol–water partition coefficient (Wildman–Crippen LogP) is 0.922.